The summed E-state index contributed by atoms with van der Waals surface area (Å²) in [5.41, 5.74) is 0. The van der Waals surface area contributed by atoms with Gasteiger partial charge in [0.2, 0.25) is 0 Å². The van der Waals surface area contributed by atoms with Crippen LogP contribution in [0.1, 0.15) is 39.5 Å². The van der Waals surface area contributed by atoms with Crippen molar-refractivity contribution in [3.63, 3.8) is 0 Å². The minimum atomic E-state index is 0.830. The average molecular weight is 357 g/mol. The summed E-state index contributed by atoms with van der Waals surface area (Å²) < 4.78 is 5.36. The van der Waals surface area contributed by atoms with Crippen molar-refractivity contribution in [1.82, 2.24) is 19.6 Å². The van der Waals surface area contributed by atoms with Crippen molar-refractivity contribution in [2.45, 2.75) is 51.6 Å². The molecule has 0 aromatic heterocycles. The van der Waals surface area contributed by atoms with Crippen molar-refractivity contribution < 1.29 is 4.74 Å². The predicted octanol–water partition coefficient (Wildman–Crippen LogP) is 2.08. The molecule has 150 valence electrons. The van der Waals surface area contributed by atoms with Crippen LogP contribution in [0.5, 0.6) is 0 Å². The normalized spacial score (nSPS) is 25.1. The zero-order valence-electron chi connectivity index (χ0n) is 17.8. The van der Waals surface area contributed by atoms with Crippen LogP contribution in [0.2, 0.25) is 0 Å². The van der Waals surface area contributed by atoms with Gasteiger partial charge in [0.05, 0.1) is 13.2 Å². The van der Waals surface area contributed by atoms with Crippen LogP contribution in [-0.2, 0) is 4.74 Å². The highest BCUT2D eigenvalue weighted by atomic mass is 16.5. The molecule has 0 unspecified atom stereocenters. The second kappa shape index (κ2) is 13.0. The molecule has 3 rings (SSSR count). The predicted molar refractivity (Wildman–Crippen MR) is 108 cm³/mol. The Morgan fingerprint density at radius 2 is 1.16 bits per heavy atom. The molecule has 0 aliphatic carbocycles. The van der Waals surface area contributed by atoms with Gasteiger partial charge < -0.3 is 19.4 Å². The molecule has 3 heterocycles. The number of rotatable bonds is 2. The van der Waals surface area contributed by atoms with E-state index in [1.807, 2.05) is 13.8 Å². The Bertz CT molecular complexity index is 305. The van der Waals surface area contributed by atoms with Gasteiger partial charge in [-0.3, -0.25) is 4.90 Å². The van der Waals surface area contributed by atoms with E-state index in [1.54, 1.807) is 0 Å². The number of hydrogen-bond donors (Lipinski definition) is 0. The smallest absolute Gasteiger partial charge is 0.0594 e. The van der Waals surface area contributed by atoms with E-state index in [4.69, 9.17) is 4.74 Å². The average Bonchev–Trinajstić information content (AvgIpc) is 2.66. The highest BCUT2D eigenvalue weighted by Crippen LogP contribution is 2.16. The van der Waals surface area contributed by atoms with Gasteiger partial charge >= 0.3 is 0 Å². The van der Waals surface area contributed by atoms with E-state index in [1.165, 1.54) is 51.9 Å². The Balaban J connectivity index is 0.000000235. The molecule has 3 fully saturated rings. The quantitative estimate of drug-likeness (QED) is 0.753. The first kappa shape index (κ1) is 22.8. The van der Waals surface area contributed by atoms with Gasteiger partial charge in [-0.1, -0.05) is 13.8 Å². The van der Waals surface area contributed by atoms with Gasteiger partial charge in [-0.15, -0.1) is 0 Å². The van der Waals surface area contributed by atoms with Crippen LogP contribution < -0.4 is 0 Å². The van der Waals surface area contributed by atoms with E-state index in [0.717, 1.165) is 38.4 Å². The van der Waals surface area contributed by atoms with Crippen molar-refractivity contribution in [2.75, 3.05) is 80.7 Å². The minimum Gasteiger partial charge on any atom is -0.379 e. The van der Waals surface area contributed by atoms with Crippen molar-refractivity contribution in [2.24, 2.45) is 0 Å². The second-order valence-corrected chi connectivity index (χ2v) is 7.68. The van der Waals surface area contributed by atoms with E-state index in [-0.39, 0.29) is 0 Å². The maximum atomic E-state index is 5.36. The number of piperidine rings is 2. The molecule has 0 bridgehead atoms. The van der Waals surface area contributed by atoms with Crippen LogP contribution in [0.25, 0.3) is 0 Å². The van der Waals surface area contributed by atoms with Crippen LogP contribution in [0.3, 0.4) is 0 Å². The highest BCUT2D eigenvalue weighted by molar-refractivity contribution is 4.79. The molecule has 0 amide bonds. The van der Waals surface area contributed by atoms with Gasteiger partial charge in [-0.2, -0.15) is 0 Å². The first-order chi connectivity index (χ1) is 12.1. The standard InChI is InChI=1S/C10H20N2O.C8H18N2.C2H6/c1-11-4-2-10(3-5-11)12-6-8-13-9-7-12;1-9(2)8-4-6-10(3)7-5-8;1-2/h10H,2-9H2,1H3;8H,4-7H2,1-3H3;1-2H3. The number of hydrogen-bond acceptors (Lipinski definition) is 5. The van der Waals surface area contributed by atoms with Crippen molar-refractivity contribution >= 4 is 0 Å². The molecular formula is C20H44N4O. The van der Waals surface area contributed by atoms with Crippen LogP contribution in [0.4, 0.5) is 0 Å². The van der Waals surface area contributed by atoms with Crippen molar-refractivity contribution in [3.05, 3.63) is 0 Å². The second-order valence-electron chi connectivity index (χ2n) is 7.68. The molecule has 0 saturated carbocycles. The molecule has 3 aliphatic heterocycles. The van der Waals surface area contributed by atoms with Gasteiger partial charge in [-0.25, -0.2) is 0 Å². The molecule has 0 aromatic rings. The number of morpholine rings is 1. The maximum absolute atomic E-state index is 5.36. The van der Waals surface area contributed by atoms with Crippen LogP contribution in [-0.4, -0.2) is 112 Å². The summed E-state index contributed by atoms with van der Waals surface area (Å²) in [6, 6.07) is 1.66. The zero-order valence-corrected chi connectivity index (χ0v) is 17.8. The summed E-state index contributed by atoms with van der Waals surface area (Å²) in [5.74, 6) is 0. The third-order valence-electron chi connectivity index (χ3n) is 5.67. The lowest BCUT2D eigenvalue weighted by Crippen LogP contribution is -2.48. The van der Waals surface area contributed by atoms with Crippen LogP contribution >= 0.6 is 0 Å². The van der Waals surface area contributed by atoms with Crippen LogP contribution in [0, 0.1) is 0 Å². The zero-order chi connectivity index (χ0) is 18.7. The minimum absolute atomic E-state index is 0.830. The summed E-state index contributed by atoms with van der Waals surface area (Å²) in [7, 11) is 8.77. The van der Waals surface area contributed by atoms with Gasteiger partial charge in [0.1, 0.15) is 0 Å². The molecule has 0 spiro atoms. The lowest BCUT2D eigenvalue weighted by atomic mass is 10.0. The van der Waals surface area contributed by atoms with Gasteiger partial charge in [0, 0.05) is 25.2 Å². The monoisotopic (exact) mass is 356 g/mol. The molecule has 5 heteroatoms. The Labute approximate surface area is 157 Å². The Kier molecular flexibility index (Phi) is 11.9. The Morgan fingerprint density at radius 3 is 1.60 bits per heavy atom. The Morgan fingerprint density at radius 1 is 0.720 bits per heavy atom. The van der Waals surface area contributed by atoms with E-state index >= 15 is 0 Å². The first-order valence-electron chi connectivity index (χ1n) is 10.4. The summed E-state index contributed by atoms with van der Waals surface area (Å²) >= 11 is 0. The fraction of sp³-hybridized carbons (Fsp3) is 1.00. The largest absolute Gasteiger partial charge is 0.379 e. The topological polar surface area (TPSA) is 22.2 Å². The number of likely N-dealkylation sites (tertiary alicyclic amines) is 2. The lowest BCUT2D eigenvalue weighted by Gasteiger charge is -2.39. The van der Waals surface area contributed by atoms with Gasteiger partial charge in [0.15, 0.2) is 0 Å². The van der Waals surface area contributed by atoms with E-state index in [9.17, 15) is 0 Å². The number of nitrogens with zero attached hydrogens (tertiary/aromatic N) is 4. The van der Waals surface area contributed by atoms with E-state index in [2.05, 4.69) is 47.8 Å². The van der Waals surface area contributed by atoms with E-state index < -0.39 is 0 Å². The summed E-state index contributed by atoms with van der Waals surface area (Å²) in [5, 5.41) is 0. The fourth-order valence-electron chi connectivity index (χ4n) is 3.81. The Hall–Kier alpha value is -0.200. The first-order valence-corrected chi connectivity index (χ1v) is 10.4. The maximum Gasteiger partial charge on any atom is 0.0594 e. The number of ether oxygens (including phenoxy) is 1. The van der Waals surface area contributed by atoms with E-state index in [0.29, 0.717) is 0 Å². The van der Waals surface area contributed by atoms with Crippen molar-refractivity contribution in [1.29, 1.82) is 0 Å². The fourth-order valence-corrected chi connectivity index (χ4v) is 3.81. The third-order valence-corrected chi connectivity index (χ3v) is 5.67. The molecule has 0 aromatic carbocycles. The molecule has 0 radical (unpaired) electrons. The lowest BCUT2D eigenvalue weighted by molar-refractivity contribution is 0.00290. The molecule has 5 nitrogen and oxygen atoms in total. The van der Waals surface area contributed by atoms with Crippen molar-refractivity contribution in [3.8, 4) is 0 Å². The van der Waals surface area contributed by atoms with Crippen LogP contribution in [0.15, 0.2) is 0 Å². The molecule has 3 saturated heterocycles. The molecule has 0 atom stereocenters. The molecular weight excluding hydrogens is 312 g/mol. The highest BCUT2D eigenvalue weighted by Gasteiger charge is 2.24. The van der Waals surface area contributed by atoms with Gasteiger partial charge in [-0.05, 0) is 80.1 Å². The molecule has 3 aliphatic rings. The van der Waals surface area contributed by atoms with Gasteiger partial charge in [0.25, 0.3) is 0 Å². The summed E-state index contributed by atoms with van der Waals surface area (Å²) in [6.07, 6.45) is 5.36. The third kappa shape index (κ3) is 8.83. The molecule has 25 heavy (non-hydrogen) atoms. The molecule has 0 N–H and O–H groups in total. The summed E-state index contributed by atoms with van der Waals surface area (Å²) in [6.45, 7) is 13.2. The summed E-state index contributed by atoms with van der Waals surface area (Å²) in [4.78, 5) is 9.78. The SMILES string of the molecule is CC.CN1CCC(N(C)C)CC1.CN1CCC(N2CCOCC2)CC1.